The SMILES string of the molecule is COC(=O)c1ccc2c(c1)N(Cc1ccc(C)cc1)C(=O)CS2. The molecule has 0 fully saturated rings. The summed E-state index contributed by atoms with van der Waals surface area (Å²) in [5.74, 6) is 0.0624. The predicted octanol–water partition coefficient (Wildman–Crippen LogP) is 3.42. The Hall–Kier alpha value is -2.27. The van der Waals surface area contributed by atoms with Crippen LogP contribution in [-0.2, 0) is 16.1 Å². The van der Waals surface area contributed by atoms with Crippen molar-refractivity contribution in [3.05, 3.63) is 59.2 Å². The summed E-state index contributed by atoms with van der Waals surface area (Å²) in [5, 5.41) is 0. The van der Waals surface area contributed by atoms with Gasteiger partial charge in [-0.3, -0.25) is 4.79 Å². The monoisotopic (exact) mass is 327 g/mol. The highest BCUT2D eigenvalue weighted by Gasteiger charge is 2.26. The maximum Gasteiger partial charge on any atom is 0.337 e. The summed E-state index contributed by atoms with van der Waals surface area (Å²) < 4.78 is 4.77. The molecule has 0 aliphatic carbocycles. The summed E-state index contributed by atoms with van der Waals surface area (Å²) >= 11 is 1.50. The molecule has 1 heterocycles. The number of benzene rings is 2. The molecule has 2 aromatic carbocycles. The number of rotatable bonds is 3. The van der Waals surface area contributed by atoms with Crippen LogP contribution in [-0.4, -0.2) is 24.7 Å². The number of fused-ring (bicyclic) bond motifs is 1. The van der Waals surface area contributed by atoms with Gasteiger partial charge in [0.25, 0.3) is 0 Å². The van der Waals surface area contributed by atoms with Crippen molar-refractivity contribution in [3.63, 3.8) is 0 Å². The fourth-order valence-electron chi connectivity index (χ4n) is 2.50. The lowest BCUT2D eigenvalue weighted by Crippen LogP contribution is -2.35. The minimum absolute atomic E-state index is 0.0464. The number of hydrogen-bond donors (Lipinski definition) is 0. The van der Waals surface area contributed by atoms with Gasteiger partial charge in [0.2, 0.25) is 5.91 Å². The van der Waals surface area contributed by atoms with Crippen LogP contribution in [0.15, 0.2) is 47.4 Å². The second-order valence-corrected chi connectivity index (χ2v) is 6.45. The number of hydrogen-bond acceptors (Lipinski definition) is 4. The molecule has 0 atom stereocenters. The van der Waals surface area contributed by atoms with Crippen LogP contribution in [0.1, 0.15) is 21.5 Å². The average molecular weight is 327 g/mol. The summed E-state index contributed by atoms with van der Waals surface area (Å²) in [6, 6.07) is 13.5. The first-order valence-electron chi connectivity index (χ1n) is 7.29. The van der Waals surface area contributed by atoms with Crippen LogP contribution in [0.5, 0.6) is 0 Å². The Kier molecular flexibility index (Phi) is 4.39. The highest BCUT2D eigenvalue weighted by molar-refractivity contribution is 8.00. The van der Waals surface area contributed by atoms with Gasteiger partial charge < -0.3 is 9.64 Å². The highest BCUT2D eigenvalue weighted by atomic mass is 32.2. The zero-order valence-electron chi connectivity index (χ0n) is 13.0. The lowest BCUT2D eigenvalue weighted by atomic mass is 10.1. The fourth-order valence-corrected chi connectivity index (χ4v) is 3.41. The zero-order chi connectivity index (χ0) is 16.4. The van der Waals surface area contributed by atoms with E-state index in [-0.39, 0.29) is 5.91 Å². The standard InChI is InChI=1S/C18H17NO3S/c1-12-3-5-13(6-4-12)10-19-15-9-14(18(21)22-2)7-8-16(15)23-11-17(19)20/h3-9H,10-11H2,1-2H3. The summed E-state index contributed by atoms with van der Waals surface area (Å²) in [4.78, 5) is 26.9. The number of esters is 1. The van der Waals surface area contributed by atoms with E-state index in [1.165, 1.54) is 24.4 Å². The lowest BCUT2D eigenvalue weighted by Gasteiger charge is -2.29. The molecule has 0 saturated carbocycles. The van der Waals surface area contributed by atoms with Crippen molar-refractivity contribution in [1.82, 2.24) is 0 Å². The van der Waals surface area contributed by atoms with Gasteiger partial charge in [-0.05, 0) is 30.7 Å². The summed E-state index contributed by atoms with van der Waals surface area (Å²) in [6.45, 7) is 2.53. The number of methoxy groups -OCH3 is 1. The van der Waals surface area contributed by atoms with Gasteiger partial charge in [-0.1, -0.05) is 29.8 Å². The highest BCUT2D eigenvalue weighted by Crippen LogP contribution is 2.37. The summed E-state index contributed by atoms with van der Waals surface area (Å²) in [5.41, 5.74) is 3.47. The quantitative estimate of drug-likeness (QED) is 0.811. The van der Waals surface area contributed by atoms with Crippen molar-refractivity contribution >= 4 is 29.3 Å². The van der Waals surface area contributed by atoms with Crippen LogP contribution in [0.3, 0.4) is 0 Å². The molecule has 0 spiro atoms. The Morgan fingerprint density at radius 1 is 1.22 bits per heavy atom. The van der Waals surface area contributed by atoms with Gasteiger partial charge in [0, 0.05) is 4.90 Å². The second-order valence-electron chi connectivity index (χ2n) is 5.43. The van der Waals surface area contributed by atoms with Gasteiger partial charge in [-0.2, -0.15) is 0 Å². The van der Waals surface area contributed by atoms with E-state index in [2.05, 4.69) is 0 Å². The first-order chi connectivity index (χ1) is 11.1. The molecule has 0 aromatic heterocycles. The van der Waals surface area contributed by atoms with E-state index < -0.39 is 5.97 Å². The van der Waals surface area contributed by atoms with Gasteiger partial charge >= 0.3 is 5.97 Å². The lowest BCUT2D eigenvalue weighted by molar-refractivity contribution is -0.116. The maximum absolute atomic E-state index is 12.4. The number of ether oxygens (including phenoxy) is 1. The van der Waals surface area contributed by atoms with Crippen LogP contribution in [0.4, 0.5) is 5.69 Å². The molecule has 0 saturated heterocycles. The summed E-state index contributed by atoms with van der Waals surface area (Å²) in [6.07, 6.45) is 0. The van der Waals surface area contributed by atoms with E-state index in [1.54, 1.807) is 17.0 Å². The van der Waals surface area contributed by atoms with Crippen molar-refractivity contribution in [2.75, 3.05) is 17.8 Å². The fraction of sp³-hybridized carbons (Fsp3) is 0.222. The maximum atomic E-state index is 12.4. The minimum atomic E-state index is -0.397. The van der Waals surface area contributed by atoms with E-state index in [0.29, 0.717) is 17.9 Å². The second kappa shape index (κ2) is 6.46. The number of nitrogens with zero attached hydrogens (tertiary/aromatic N) is 1. The Balaban J connectivity index is 1.96. The predicted molar refractivity (Wildman–Crippen MR) is 90.9 cm³/mol. The Morgan fingerprint density at radius 3 is 2.65 bits per heavy atom. The number of aryl methyl sites for hydroxylation is 1. The molecule has 0 N–H and O–H groups in total. The molecule has 1 amide bonds. The molecule has 118 valence electrons. The normalized spacial score (nSPS) is 13.7. The summed E-state index contributed by atoms with van der Waals surface area (Å²) in [7, 11) is 1.35. The van der Waals surface area contributed by atoms with Crippen LogP contribution in [0, 0.1) is 6.92 Å². The van der Waals surface area contributed by atoms with Crippen molar-refractivity contribution in [3.8, 4) is 0 Å². The Bertz CT molecular complexity index is 755. The van der Waals surface area contributed by atoms with E-state index in [1.807, 2.05) is 37.3 Å². The molecule has 5 heteroatoms. The third-order valence-corrected chi connectivity index (χ3v) is 4.83. The molecule has 3 rings (SSSR count). The number of carbonyl (C=O) groups excluding carboxylic acids is 2. The van der Waals surface area contributed by atoms with E-state index in [0.717, 1.165) is 16.1 Å². The first-order valence-corrected chi connectivity index (χ1v) is 8.28. The van der Waals surface area contributed by atoms with Gasteiger partial charge in [0.15, 0.2) is 0 Å². The molecule has 0 radical (unpaired) electrons. The van der Waals surface area contributed by atoms with Gasteiger partial charge in [-0.25, -0.2) is 4.79 Å². The molecule has 0 bridgehead atoms. The van der Waals surface area contributed by atoms with Crippen LogP contribution in [0.25, 0.3) is 0 Å². The van der Waals surface area contributed by atoms with Crippen molar-refractivity contribution in [2.45, 2.75) is 18.4 Å². The molecule has 4 nitrogen and oxygen atoms in total. The number of thioether (sulfide) groups is 1. The number of amides is 1. The first kappa shape index (κ1) is 15.6. The molecule has 23 heavy (non-hydrogen) atoms. The van der Waals surface area contributed by atoms with Crippen molar-refractivity contribution in [2.24, 2.45) is 0 Å². The Morgan fingerprint density at radius 2 is 1.96 bits per heavy atom. The largest absolute Gasteiger partial charge is 0.465 e. The molecule has 1 aliphatic rings. The molecule has 0 unspecified atom stereocenters. The van der Waals surface area contributed by atoms with Gasteiger partial charge in [-0.15, -0.1) is 11.8 Å². The van der Waals surface area contributed by atoms with Gasteiger partial charge in [0.05, 0.1) is 30.7 Å². The Labute approximate surface area is 139 Å². The average Bonchev–Trinajstić information content (AvgIpc) is 2.58. The van der Waals surface area contributed by atoms with E-state index >= 15 is 0 Å². The van der Waals surface area contributed by atoms with Crippen LogP contribution < -0.4 is 4.90 Å². The van der Waals surface area contributed by atoms with Crippen molar-refractivity contribution < 1.29 is 14.3 Å². The molecular formula is C18H17NO3S. The van der Waals surface area contributed by atoms with Crippen LogP contribution >= 0.6 is 11.8 Å². The van der Waals surface area contributed by atoms with E-state index in [4.69, 9.17) is 4.74 Å². The zero-order valence-corrected chi connectivity index (χ0v) is 13.9. The number of anilines is 1. The van der Waals surface area contributed by atoms with Gasteiger partial charge in [0.1, 0.15) is 0 Å². The third kappa shape index (κ3) is 3.24. The minimum Gasteiger partial charge on any atom is -0.465 e. The molecule has 2 aromatic rings. The van der Waals surface area contributed by atoms with Crippen LogP contribution in [0.2, 0.25) is 0 Å². The molecular weight excluding hydrogens is 310 g/mol. The topological polar surface area (TPSA) is 46.6 Å². The molecule has 1 aliphatic heterocycles. The van der Waals surface area contributed by atoms with Crippen molar-refractivity contribution in [1.29, 1.82) is 0 Å². The van der Waals surface area contributed by atoms with E-state index in [9.17, 15) is 9.59 Å². The third-order valence-electron chi connectivity index (χ3n) is 3.78. The number of carbonyl (C=O) groups is 2. The smallest absolute Gasteiger partial charge is 0.337 e.